The second-order valence-electron chi connectivity index (χ2n) is 2.91. The highest BCUT2D eigenvalue weighted by molar-refractivity contribution is 5.13. The highest BCUT2D eigenvalue weighted by Crippen LogP contribution is 2.34. The molecule has 0 aromatic heterocycles. The first kappa shape index (κ1) is 4.57. The summed E-state index contributed by atoms with van der Waals surface area (Å²) in [4.78, 5) is 0. The van der Waals surface area contributed by atoms with Gasteiger partial charge in [0.25, 0.3) is 0 Å². The van der Waals surface area contributed by atoms with Crippen LogP contribution in [0.25, 0.3) is 0 Å². The minimum Gasteiger partial charge on any atom is -0.315 e. The normalized spacial score (nSPS) is 31.0. The van der Waals surface area contributed by atoms with Crippen LogP contribution in [0.3, 0.4) is 0 Å². The molecule has 1 N–H and O–H groups in total. The van der Waals surface area contributed by atoms with Gasteiger partial charge in [-0.2, -0.15) is 0 Å². The zero-order valence-corrected chi connectivity index (χ0v) is 4.98. The predicted molar refractivity (Wildman–Crippen MR) is 33.7 cm³/mol. The lowest BCUT2D eigenvalue weighted by atomic mass is 9.82. The number of hydrogen-bond acceptors (Lipinski definition) is 1. The van der Waals surface area contributed by atoms with Gasteiger partial charge in [-0.3, -0.25) is 0 Å². The van der Waals surface area contributed by atoms with Gasteiger partial charge in [0.15, 0.2) is 0 Å². The van der Waals surface area contributed by atoms with Crippen molar-refractivity contribution >= 4 is 0 Å². The molecule has 1 heteroatoms. The number of hydrogen-bond donors (Lipinski definition) is 1. The largest absolute Gasteiger partial charge is 0.315 e. The second kappa shape index (κ2) is 1.35. The molecule has 1 aliphatic carbocycles. The van der Waals surface area contributed by atoms with Crippen molar-refractivity contribution in [3.05, 3.63) is 12.2 Å². The molecule has 1 nitrogen and oxygen atoms in total. The third-order valence-electron chi connectivity index (χ3n) is 2.23. The molecule has 0 bridgehead atoms. The maximum Gasteiger partial charge on any atom is 0.0134 e. The summed E-state index contributed by atoms with van der Waals surface area (Å²) in [6.07, 6.45) is 7.38. The summed E-state index contributed by atoms with van der Waals surface area (Å²) in [7, 11) is 0. The molecular weight excluding hydrogens is 98.1 g/mol. The van der Waals surface area contributed by atoms with Gasteiger partial charge in [-0.1, -0.05) is 12.2 Å². The number of allylic oxidation sites excluding steroid dienone is 1. The first-order chi connectivity index (χ1) is 3.91. The van der Waals surface area contributed by atoms with Crippen LogP contribution in [0.4, 0.5) is 0 Å². The molecule has 0 saturated carbocycles. The highest BCUT2D eigenvalue weighted by Gasteiger charge is 2.35. The Balaban J connectivity index is 2.13. The van der Waals surface area contributed by atoms with Crippen molar-refractivity contribution in [2.45, 2.75) is 12.8 Å². The maximum atomic E-state index is 3.29. The molecule has 1 saturated heterocycles. The topological polar surface area (TPSA) is 12.0 Å². The van der Waals surface area contributed by atoms with Crippen molar-refractivity contribution in [2.24, 2.45) is 5.41 Å². The highest BCUT2D eigenvalue weighted by atomic mass is 15.0. The van der Waals surface area contributed by atoms with Crippen molar-refractivity contribution < 1.29 is 0 Å². The Morgan fingerprint density at radius 3 is 2.50 bits per heavy atom. The summed E-state index contributed by atoms with van der Waals surface area (Å²) in [6, 6.07) is 0. The smallest absolute Gasteiger partial charge is 0.0134 e. The lowest BCUT2D eigenvalue weighted by molar-refractivity contribution is 0.236. The van der Waals surface area contributed by atoms with Gasteiger partial charge < -0.3 is 5.32 Å². The van der Waals surface area contributed by atoms with E-state index in [9.17, 15) is 0 Å². The van der Waals surface area contributed by atoms with Crippen molar-refractivity contribution in [1.29, 1.82) is 0 Å². The van der Waals surface area contributed by atoms with Gasteiger partial charge in [-0.15, -0.1) is 0 Å². The zero-order chi connectivity index (χ0) is 5.45. The van der Waals surface area contributed by atoms with Crippen LogP contribution in [-0.4, -0.2) is 13.1 Å². The van der Waals surface area contributed by atoms with E-state index in [2.05, 4.69) is 17.5 Å². The lowest BCUT2D eigenvalue weighted by Gasteiger charge is -2.37. The number of rotatable bonds is 0. The van der Waals surface area contributed by atoms with E-state index in [1.54, 1.807) is 0 Å². The van der Waals surface area contributed by atoms with E-state index >= 15 is 0 Å². The fraction of sp³-hybridized carbons (Fsp3) is 0.714. The SMILES string of the molecule is C1=CC2(CC1)CNC2. The molecule has 1 spiro atoms. The van der Waals surface area contributed by atoms with Gasteiger partial charge in [-0.05, 0) is 12.8 Å². The van der Waals surface area contributed by atoms with E-state index in [0.717, 1.165) is 0 Å². The van der Waals surface area contributed by atoms with Crippen LogP contribution in [0.15, 0.2) is 12.2 Å². The van der Waals surface area contributed by atoms with E-state index in [0.29, 0.717) is 5.41 Å². The van der Waals surface area contributed by atoms with Gasteiger partial charge >= 0.3 is 0 Å². The van der Waals surface area contributed by atoms with Gasteiger partial charge in [0.2, 0.25) is 0 Å². The van der Waals surface area contributed by atoms with Crippen LogP contribution in [0.1, 0.15) is 12.8 Å². The molecule has 1 aliphatic heterocycles. The van der Waals surface area contributed by atoms with E-state index < -0.39 is 0 Å². The minimum atomic E-state index is 0.625. The lowest BCUT2D eigenvalue weighted by Crippen LogP contribution is -2.50. The summed E-state index contributed by atoms with van der Waals surface area (Å²) < 4.78 is 0. The Hall–Kier alpha value is -0.300. The van der Waals surface area contributed by atoms with Crippen molar-refractivity contribution in [2.75, 3.05) is 13.1 Å². The Morgan fingerprint density at radius 2 is 2.25 bits per heavy atom. The molecule has 44 valence electrons. The van der Waals surface area contributed by atoms with Gasteiger partial charge in [0.05, 0.1) is 0 Å². The van der Waals surface area contributed by atoms with E-state index in [-0.39, 0.29) is 0 Å². The van der Waals surface area contributed by atoms with E-state index in [1.807, 2.05) is 0 Å². The average Bonchev–Trinajstić information content (AvgIpc) is 2.07. The molecule has 8 heavy (non-hydrogen) atoms. The molecular formula is C7H11N. The maximum absolute atomic E-state index is 3.29. The van der Waals surface area contributed by atoms with Crippen LogP contribution in [0.5, 0.6) is 0 Å². The quantitative estimate of drug-likeness (QED) is 0.456. The Morgan fingerprint density at radius 1 is 1.38 bits per heavy atom. The molecule has 1 heterocycles. The summed E-state index contributed by atoms with van der Waals surface area (Å²) in [5.74, 6) is 0. The van der Waals surface area contributed by atoms with E-state index in [1.165, 1.54) is 25.9 Å². The van der Waals surface area contributed by atoms with Crippen molar-refractivity contribution in [1.82, 2.24) is 5.32 Å². The van der Waals surface area contributed by atoms with Crippen LogP contribution >= 0.6 is 0 Å². The minimum absolute atomic E-state index is 0.625. The fourth-order valence-electron chi connectivity index (χ4n) is 1.53. The first-order valence-electron chi connectivity index (χ1n) is 3.30. The summed E-state index contributed by atoms with van der Waals surface area (Å²) >= 11 is 0. The molecule has 0 unspecified atom stereocenters. The van der Waals surface area contributed by atoms with Crippen molar-refractivity contribution in [3.63, 3.8) is 0 Å². The molecule has 2 rings (SSSR count). The Bertz CT molecular complexity index is 122. The molecule has 0 aromatic carbocycles. The van der Waals surface area contributed by atoms with Crippen molar-refractivity contribution in [3.8, 4) is 0 Å². The van der Waals surface area contributed by atoms with Crippen LogP contribution in [0.2, 0.25) is 0 Å². The average molecular weight is 109 g/mol. The summed E-state index contributed by atoms with van der Waals surface area (Å²) in [6.45, 7) is 2.45. The van der Waals surface area contributed by atoms with Gasteiger partial charge in [0.1, 0.15) is 0 Å². The fourth-order valence-corrected chi connectivity index (χ4v) is 1.53. The third-order valence-corrected chi connectivity index (χ3v) is 2.23. The molecule has 1 fully saturated rings. The Kier molecular flexibility index (Phi) is 0.770. The molecule has 0 amide bonds. The molecule has 0 aromatic rings. The monoisotopic (exact) mass is 109 g/mol. The summed E-state index contributed by atoms with van der Waals surface area (Å²) in [5.41, 5.74) is 0.625. The van der Waals surface area contributed by atoms with E-state index in [4.69, 9.17) is 0 Å². The number of nitrogens with one attached hydrogen (secondary N) is 1. The Labute approximate surface area is 49.8 Å². The molecule has 0 radical (unpaired) electrons. The third kappa shape index (κ3) is 0.451. The van der Waals surface area contributed by atoms with Crippen LogP contribution < -0.4 is 5.32 Å². The second-order valence-corrected chi connectivity index (χ2v) is 2.91. The first-order valence-corrected chi connectivity index (χ1v) is 3.30. The standard InChI is InChI=1S/C7H11N/c1-2-4-7(3-1)5-8-6-7/h1,3,8H,2,4-6H2. The van der Waals surface area contributed by atoms with Gasteiger partial charge in [-0.25, -0.2) is 0 Å². The molecule has 2 aliphatic rings. The molecule has 0 atom stereocenters. The van der Waals surface area contributed by atoms with Crippen LogP contribution in [-0.2, 0) is 0 Å². The zero-order valence-electron chi connectivity index (χ0n) is 4.98. The van der Waals surface area contributed by atoms with Gasteiger partial charge in [0, 0.05) is 18.5 Å². The van der Waals surface area contributed by atoms with Crippen LogP contribution in [0, 0.1) is 5.41 Å². The summed E-state index contributed by atoms with van der Waals surface area (Å²) in [5, 5.41) is 3.29. The predicted octanol–water partition coefficient (Wildman–Crippen LogP) is 0.926.